The van der Waals surface area contributed by atoms with E-state index in [1.165, 1.54) is 14.7 Å². The fraction of sp³-hybridized carbons (Fsp3) is 0.240. The third-order valence-corrected chi connectivity index (χ3v) is 6.91. The van der Waals surface area contributed by atoms with Crippen LogP contribution >= 0.6 is 15.9 Å². The van der Waals surface area contributed by atoms with E-state index in [0.717, 1.165) is 5.75 Å². The zero-order chi connectivity index (χ0) is 21.9. The first-order valence-electron chi connectivity index (χ1n) is 10.1. The summed E-state index contributed by atoms with van der Waals surface area (Å²) in [6.45, 7) is 3.19. The molecule has 0 aliphatic carbocycles. The number of carbonyl (C=O) groups excluding carboxylic acids is 1. The van der Waals surface area contributed by atoms with E-state index < -0.39 is 0 Å². The minimum atomic E-state index is -0.303. The average Bonchev–Trinajstić information content (AvgIpc) is 2.81. The van der Waals surface area contributed by atoms with E-state index in [1.54, 1.807) is 6.92 Å². The number of benzene rings is 3. The van der Waals surface area contributed by atoms with Crippen LogP contribution in [0.4, 0.5) is 0 Å². The van der Waals surface area contributed by atoms with Crippen molar-refractivity contribution in [2.45, 2.75) is 26.4 Å². The Morgan fingerprint density at radius 3 is 1.84 bits per heavy atom. The fourth-order valence-corrected chi connectivity index (χ4v) is 5.05. The molecule has 4 nitrogen and oxygen atoms in total. The minimum absolute atomic E-state index is 0.167. The van der Waals surface area contributed by atoms with Crippen molar-refractivity contribution in [2.75, 3.05) is 26.4 Å². The Labute approximate surface area is 195 Å². The Bertz CT molecular complexity index is 878. The van der Waals surface area contributed by atoms with Gasteiger partial charge in [-0.25, -0.2) is 0 Å². The van der Waals surface area contributed by atoms with E-state index >= 15 is 0 Å². The lowest BCUT2D eigenvalue weighted by Crippen LogP contribution is -2.18. The van der Waals surface area contributed by atoms with Crippen molar-refractivity contribution < 1.29 is 19.0 Å². The van der Waals surface area contributed by atoms with Gasteiger partial charge in [-0.15, -0.1) is 0 Å². The molecular weight excluding hydrogens is 476 g/mol. The molecule has 0 saturated carbocycles. The van der Waals surface area contributed by atoms with E-state index in [2.05, 4.69) is 76.6 Å². The predicted octanol–water partition coefficient (Wildman–Crippen LogP) is 5.50. The lowest BCUT2D eigenvalue weighted by molar-refractivity contribution is -0.144. The highest BCUT2D eigenvalue weighted by atomic mass is 79.9. The second kappa shape index (κ2) is 12.5. The molecule has 3 aromatic rings. The van der Waals surface area contributed by atoms with Crippen LogP contribution in [0, 0.1) is 0 Å². The van der Waals surface area contributed by atoms with Gasteiger partial charge < -0.3 is 14.2 Å². The molecule has 31 heavy (non-hydrogen) atoms. The second-order valence-electron chi connectivity index (χ2n) is 6.65. The maximum absolute atomic E-state index is 11.3. The van der Waals surface area contributed by atoms with Crippen molar-refractivity contribution in [3.8, 4) is 5.75 Å². The van der Waals surface area contributed by atoms with Gasteiger partial charge in [-0.05, 0) is 55.5 Å². The van der Waals surface area contributed by atoms with E-state index in [1.807, 2.05) is 24.3 Å². The van der Waals surface area contributed by atoms with Crippen LogP contribution in [0.25, 0.3) is 0 Å². The Kier molecular flexibility index (Phi) is 9.46. The number of hydrogen-bond acceptors (Lipinski definition) is 4. The number of alkyl halides is 1. The fourth-order valence-electron chi connectivity index (χ4n) is 2.83. The summed E-state index contributed by atoms with van der Waals surface area (Å²) in [5, 5.41) is 0. The molecule has 3 rings (SSSR count). The van der Waals surface area contributed by atoms with Gasteiger partial charge in [-0.3, -0.25) is 4.79 Å². The van der Waals surface area contributed by atoms with Crippen LogP contribution in [0.5, 0.6) is 5.75 Å². The van der Waals surface area contributed by atoms with Crippen molar-refractivity contribution in [3.05, 3.63) is 84.9 Å². The molecule has 0 aliphatic heterocycles. The van der Waals surface area contributed by atoms with Crippen LogP contribution in [0.3, 0.4) is 0 Å². The van der Waals surface area contributed by atoms with Crippen LogP contribution in [0.2, 0.25) is 0 Å². The normalized spacial score (nSPS) is 11.8. The average molecular weight is 502 g/mol. The van der Waals surface area contributed by atoms with Crippen LogP contribution in [-0.4, -0.2) is 37.2 Å². The molecule has 0 spiro atoms. The van der Waals surface area contributed by atoms with Crippen molar-refractivity contribution in [1.82, 2.24) is 0 Å². The van der Waals surface area contributed by atoms with Gasteiger partial charge in [0.05, 0.1) is 24.1 Å². The number of esters is 1. The van der Waals surface area contributed by atoms with Crippen LogP contribution in [0.1, 0.15) is 6.92 Å². The maximum Gasteiger partial charge on any atom is 0.319 e. The first kappa shape index (κ1) is 23.4. The number of rotatable bonds is 11. The van der Waals surface area contributed by atoms with Gasteiger partial charge in [0.15, 0.2) is 14.7 Å². The first-order chi connectivity index (χ1) is 15.1. The van der Waals surface area contributed by atoms with Crippen LogP contribution < -0.4 is 4.74 Å². The summed E-state index contributed by atoms with van der Waals surface area (Å²) in [6.07, 6.45) is 0. The lowest BCUT2D eigenvalue weighted by Gasteiger charge is -2.10. The first-order valence-corrected chi connectivity index (χ1v) is 12.2. The van der Waals surface area contributed by atoms with Crippen molar-refractivity contribution in [1.29, 1.82) is 0 Å². The minimum Gasteiger partial charge on any atom is -0.491 e. The predicted molar refractivity (Wildman–Crippen MR) is 127 cm³/mol. The van der Waals surface area contributed by atoms with Gasteiger partial charge in [0, 0.05) is 0 Å². The topological polar surface area (TPSA) is 44.8 Å². The lowest BCUT2D eigenvalue weighted by atomic mass is 10.3. The molecule has 0 radical (unpaired) electrons. The highest BCUT2D eigenvalue weighted by Crippen LogP contribution is 2.31. The van der Waals surface area contributed by atoms with Crippen molar-refractivity contribution in [3.63, 3.8) is 0 Å². The number of halogens is 1. The molecule has 3 aromatic carbocycles. The zero-order valence-corrected chi connectivity index (χ0v) is 19.8. The number of carbonyl (C=O) groups is 1. The van der Waals surface area contributed by atoms with Gasteiger partial charge >= 0.3 is 5.97 Å². The molecule has 0 bridgehead atoms. The summed E-state index contributed by atoms with van der Waals surface area (Å²) >= 11 is 3.17. The van der Waals surface area contributed by atoms with E-state index in [9.17, 15) is 4.79 Å². The third-order valence-electron chi connectivity index (χ3n) is 4.31. The van der Waals surface area contributed by atoms with Gasteiger partial charge in [0.25, 0.3) is 0 Å². The highest BCUT2D eigenvalue weighted by Gasteiger charge is 2.28. The quantitative estimate of drug-likeness (QED) is 0.150. The standard InChI is InChI=1S/C25H26BrO4S/c1-20(26)25(27)30-19-17-28-16-18-29-21-12-14-24(15-13-21)31(22-8-4-2-5-9-22)23-10-6-3-7-11-23/h2-15,20H,16-19H2,1H3/q+1. The largest absolute Gasteiger partial charge is 0.491 e. The SMILES string of the molecule is CC(Br)C(=O)OCCOCCOc1ccc([S+](c2ccccc2)c2ccccc2)cc1. The summed E-state index contributed by atoms with van der Waals surface area (Å²) in [7, 11) is -0.167. The molecule has 0 saturated heterocycles. The molecule has 1 atom stereocenters. The van der Waals surface area contributed by atoms with Crippen molar-refractivity contribution in [2.24, 2.45) is 0 Å². The monoisotopic (exact) mass is 501 g/mol. The Morgan fingerprint density at radius 1 is 0.774 bits per heavy atom. The Balaban J connectivity index is 1.52. The second-order valence-corrected chi connectivity index (χ2v) is 10.0. The number of ether oxygens (including phenoxy) is 3. The Morgan fingerprint density at radius 2 is 1.29 bits per heavy atom. The van der Waals surface area contributed by atoms with E-state index in [4.69, 9.17) is 14.2 Å². The molecule has 162 valence electrons. The highest BCUT2D eigenvalue weighted by molar-refractivity contribution is 9.10. The number of hydrogen-bond donors (Lipinski definition) is 0. The molecule has 0 amide bonds. The molecule has 0 fully saturated rings. The smallest absolute Gasteiger partial charge is 0.319 e. The molecule has 6 heteroatoms. The van der Waals surface area contributed by atoms with Crippen molar-refractivity contribution >= 4 is 32.8 Å². The van der Waals surface area contributed by atoms with Gasteiger partial charge in [-0.1, -0.05) is 52.3 Å². The summed E-state index contributed by atoms with van der Waals surface area (Å²) in [6, 6.07) is 29.4. The molecule has 1 unspecified atom stereocenters. The van der Waals surface area contributed by atoms with Crippen LogP contribution in [-0.2, 0) is 25.2 Å². The zero-order valence-electron chi connectivity index (χ0n) is 17.4. The molecular formula is C25H26BrO4S+. The third kappa shape index (κ3) is 7.42. The summed E-state index contributed by atoms with van der Waals surface area (Å²) in [5.41, 5.74) is 0. The van der Waals surface area contributed by atoms with Gasteiger partial charge in [0.1, 0.15) is 23.8 Å². The van der Waals surface area contributed by atoms with E-state index in [-0.39, 0.29) is 28.3 Å². The summed E-state index contributed by atoms with van der Waals surface area (Å²) in [4.78, 5) is 14.8. The van der Waals surface area contributed by atoms with E-state index in [0.29, 0.717) is 19.8 Å². The maximum atomic E-state index is 11.3. The van der Waals surface area contributed by atoms with Crippen LogP contribution in [0.15, 0.2) is 99.6 Å². The summed E-state index contributed by atoms with van der Waals surface area (Å²) in [5.74, 6) is 0.515. The molecule has 0 aliphatic rings. The van der Waals surface area contributed by atoms with Gasteiger partial charge in [0.2, 0.25) is 0 Å². The summed E-state index contributed by atoms with van der Waals surface area (Å²) < 4.78 is 16.3. The molecule has 0 aromatic heterocycles. The molecule has 0 N–H and O–H groups in total. The van der Waals surface area contributed by atoms with Gasteiger partial charge in [-0.2, -0.15) is 0 Å². The Hall–Kier alpha value is -2.28. The molecule has 0 heterocycles.